The van der Waals surface area contributed by atoms with E-state index in [9.17, 15) is 9.18 Å². The molecule has 0 bridgehead atoms. The molecule has 3 N–H and O–H groups in total. The van der Waals surface area contributed by atoms with E-state index in [1.807, 2.05) is 17.2 Å². The highest BCUT2D eigenvalue weighted by Gasteiger charge is 2.56. The van der Waals surface area contributed by atoms with Crippen molar-refractivity contribution in [1.82, 2.24) is 5.32 Å². The minimum absolute atomic E-state index is 0.326. The van der Waals surface area contributed by atoms with Crippen molar-refractivity contribution in [3.8, 4) is 0 Å². The van der Waals surface area contributed by atoms with Crippen LogP contribution in [-0.2, 0) is 4.79 Å². The molecule has 1 unspecified atom stereocenters. The van der Waals surface area contributed by atoms with Crippen molar-refractivity contribution in [2.75, 3.05) is 18.0 Å². The van der Waals surface area contributed by atoms with Gasteiger partial charge in [0.05, 0.1) is 22.0 Å². The Morgan fingerprint density at radius 3 is 3.00 bits per heavy atom. The van der Waals surface area contributed by atoms with Crippen LogP contribution < -0.4 is 16.0 Å². The van der Waals surface area contributed by atoms with Gasteiger partial charge in [-0.1, -0.05) is 23.8 Å². The fraction of sp³-hybridized carbons (Fsp3) is 0.278. The molecule has 3 aliphatic rings. The second kappa shape index (κ2) is 5.38. The Morgan fingerprint density at radius 1 is 1.42 bits per heavy atom. The van der Waals surface area contributed by atoms with E-state index in [1.165, 1.54) is 12.1 Å². The summed E-state index contributed by atoms with van der Waals surface area (Å²) in [7, 11) is 0. The van der Waals surface area contributed by atoms with Gasteiger partial charge in [0, 0.05) is 18.8 Å². The third-order valence-corrected chi connectivity index (χ3v) is 5.48. The standard InChI is InChI=1S/C18H17ClFN3O/c19-14-8-12(20)4-5-15(14)23-9-13(17(21)24)18-10-22-7-6-11(18)2-1-3-16(18)23/h2-8,13,22H,1,9-10H2,(H2,21,24)/t13-,18?/m0/s1. The number of hydrogen-bond donors (Lipinski definition) is 2. The summed E-state index contributed by atoms with van der Waals surface area (Å²) in [6, 6.07) is 4.32. The van der Waals surface area contributed by atoms with Crippen LogP contribution in [0, 0.1) is 17.2 Å². The van der Waals surface area contributed by atoms with E-state index in [1.54, 1.807) is 6.07 Å². The molecule has 0 saturated carbocycles. The van der Waals surface area contributed by atoms with Crippen LogP contribution >= 0.6 is 11.6 Å². The molecule has 124 valence electrons. The fourth-order valence-corrected chi connectivity index (χ4v) is 4.41. The van der Waals surface area contributed by atoms with Gasteiger partial charge in [0.15, 0.2) is 0 Å². The van der Waals surface area contributed by atoms with Crippen LogP contribution in [0.25, 0.3) is 0 Å². The van der Waals surface area contributed by atoms with Gasteiger partial charge in [-0.3, -0.25) is 4.79 Å². The highest BCUT2D eigenvalue weighted by Crippen LogP contribution is 2.54. The Balaban J connectivity index is 1.87. The van der Waals surface area contributed by atoms with Crippen LogP contribution in [0.2, 0.25) is 5.02 Å². The van der Waals surface area contributed by atoms with Gasteiger partial charge in [0.25, 0.3) is 0 Å². The first kappa shape index (κ1) is 15.3. The lowest BCUT2D eigenvalue weighted by molar-refractivity contribution is -0.123. The van der Waals surface area contributed by atoms with E-state index in [4.69, 9.17) is 17.3 Å². The Morgan fingerprint density at radius 2 is 2.25 bits per heavy atom. The molecule has 1 aromatic rings. The summed E-state index contributed by atoms with van der Waals surface area (Å²) in [4.78, 5) is 14.2. The number of halogens is 2. The number of nitrogens with two attached hydrogens (primary N) is 1. The van der Waals surface area contributed by atoms with Crippen molar-refractivity contribution < 1.29 is 9.18 Å². The minimum atomic E-state index is -0.490. The number of carbonyl (C=O) groups is 1. The van der Waals surface area contributed by atoms with Gasteiger partial charge in [-0.05, 0) is 42.5 Å². The second-order valence-corrected chi connectivity index (χ2v) is 6.74. The molecule has 0 radical (unpaired) electrons. The zero-order valence-electron chi connectivity index (χ0n) is 12.9. The van der Waals surface area contributed by atoms with E-state index >= 15 is 0 Å². The normalized spacial score (nSPS) is 27.8. The lowest BCUT2D eigenvalue weighted by atomic mass is 9.66. The fourth-order valence-electron chi connectivity index (χ4n) is 4.14. The third kappa shape index (κ3) is 2.01. The number of primary amides is 1. The summed E-state index contributed by atoms with van der Waals surface area (Å²) in [5.74, 6) is -1.11. The first-order valence-electron chi connectivity index (χ1n) is 7.87. The Labute approximate surface area is 144 Å². The highest BCUT2D eigenvalue weighted by molar-refractivity contribution is 6.33. The monoisotopic (exact) mass is 345 g/mol. The largest absolute Gasteiger partial charge is 0.390 e. The molecular weight excluding hydrogens is 329 g/mol. The van der Waals surface area contributed by atoms with Gasteiger partial charge in [-0.2, -0.15) is 0 Å². The molecule has 2 atom stereocenters. The quantitative estimate of drug-likeness (QED) is 0.866. The molecule has 24 heavy (non-hydrogen) atoms. The maximum Gasteiger partial charge on any atom is 0.223 e. The van der Waals surface area contributed by atoms with Gasteiger partial charge in [-0.25, -0.2) is 4.39 Å². The van der Waals surface area contributed by atoms with Crippen molar-refractivity contribution in [3.05, 3.63) is 64.7 Å². The zero-order valence-corrected chi connectivity index (χ0v) is 13.7. The summed E-state index contributed by atoms with van der Waals surface area (Å²) >= 11 is 6.27. The number of amides is 1. The number of benzene rings is 1. The van der Waals surface area contributed by atoms with Gasteiger partial charge in [-0.15, -0.1) is 0 Å². The Hall–Kier alpha value is -2.27. The number of allylic oxidation sites excluding steroid dienone is 3. The molecule has 6 heteroatoms. The summed E-state index contributed by atoms with van der Waals surface area (Å²) in [6.07, 6.45) is 8.91. The molecule has 1 amide bonds. The molecule has 2 heterocycles. The highest BCUT2D eigenvalue weighted by atomic mass is 35.5. The van der Waals surface area contributed by atoms with E-state index < -0.39 is 5.41 Å². The number of carbonyl (C=O) groups excluding carboxylic acids is 1. The van der Waals surface area contributed by atoms with Gasteiger partial charge in [0.2, 0.25) is 5.91 Å². The first-order valence-corrected chi connectivity index (χ1v) is 8.25. The van der Waals surface area contributed by atoms with E-state index in [2.05, 4.69) is 17.5 Å². The molecule has 4 rings (SSSR count). The Kier molecular flexibility index (Phi) is 3.42. The average molecular weight is 346 g/mol. The number of rotatable bonds is 2. The number of hydrogen-bond acceptors (Lipinski definition) is 3. The van der Waals surface area contributed by atoms with Crippen molar-refractivity contribution >= 4 is 23.2 Å². The predicted molar refractivity (Wildman–Crippen MR) is 91.8 cm³/mol. The number of nitrogens with zero attached hydrogens (tertiary/aromatic N) is 1. The molecule has 1 fully saturated rings. The lowest BCUT2D eigenvalue weighted by Gasteiger charge is -2.41. The van der Waals surface area contributed by atoms with Crippen molar-refractivity contribution in [1.29, 1.82) is 0 Å². The second-order valence-electron chi connectivity index (χ2n) is 6.33. The lowest BCUT2D eigenvalue weighted by Crippen LogP contribution is -2.47. The van der Waals surface area contributed by atoms with E-state index in [0.717, 1.165) is 17.7 Å². The van der Waals surface area contributed by atoms with Crippen molar-refractivity contribution in [2.45, 2.75) is 6.42 Å². The average Bonchev–Trinajstić information content (AvgIpc) is 2.88. The van der Waals surface area contributed by atoms with E-state index in [0.29, 0.717) is 23.8 Å². The van der Waals surface area contributed by atoms with Crippen molar-refractivity contribution in [2.24, 2.45) is 17.1 Å². The minimum Gasteiger partial charge on any atom is -0.390 e. The summed E-state index contributed by atoms with van der Waals surface area (Å²) in [6.45, 7) is 1.03. The molecule has 2 aliphatic heterocycles. The summed E-state index contributed by atoms with van der Waals surface area (Å²) in [5, 5.41) is 3.56. The molecule has 1 spiro atoms. The predicted octanol–water partition coefficient (Wildman–Crippen LogP) is 2.72. The molecule has 0 aromatic heterocycles. The maximum atomic E-state index is 13.4. The molecule has 1 saturated heterocycles. The molecular formula is C18H17ClFN3O. The summed E-state index contributed by atoms with van der Waals surface area (Å²) in [5.41, 5.74) is 8.06. The van der Waals surface area contributed by atoms with Gasteiger partial charge < -0.3 is 16.0 Å². The third-order valence-electron chi connectivity index (χ3n) is 5.18. The van der Waals surface area contributed by atoms with Crippen LogP contribution in [0.5, 0.6) is 0 Å². The van der Waals surface area contributed by atoms with Gasteiger partial charge >= 0.3 is 0 Å². The Bertz CT molecular complexity index is 816. The molecule has 1 aromatic carbocycles. The number of anilines is 1. The SMILES string of the molecule is NC(=O)[C@@H]1CN(c2ccc(F)cc2Cl)C2=CCC=C3C=CNCC321. The van der Waals surface area contributed by atoms with Crippen LogP contribution in [0.3, 0.4) is 0 Å². The van der Waals surface area contributed by atoms with Crippen molar-refractivity contribution in [3.63, 3.8) is 0 Å². The maximum absolute atomic E-state index is 13.4. The molecule has 1 aliphatic carbocycles. The van der Waals surface area contributed by atoms with Crippen LogP contribution in [0.4, 0.5) is 10.1 Å². The summed E-state index contributed by atoms with van der Waals surface area (Å²) < 4.78 is 13.4. The molecule has 4 nitrogen and oxygen atoms in total. The number of nitrogens with one attached hydrogen (secondary N) is 1. The van der Waals surface area contributed by atoms with E-state index in [-0.39, 0.29) is 17.6 Å². The first-order chi connectivity index (χ1) is 11.5. The smallest absolute Gasteiger partial charge is 0.223 e. The van der Waals surface area contributed by atoms with Crippen LogP contribution in [0.1, 0.15) is 6.42 Å². The van der Waals surface area contributed by atoms with Gasteiger partial charge in [0.1, 0.15) is 5.82 Å². The van der Waals surface area contributed by atoms with Crippen LogP contribution in [-0.4, -0.2) is 19.0 Å². The zero-order chi connectivity index (χ0) is 16.9. The topological polar surface area (TPSA) is 58.4 Å². The van der Waals surface area contributed by atoms with Crippen LogP contribution in [0.15, 0.2) is 53.9 Å².